The van der Waals surface area contributed by atoms with E-state index >= 15 is 0 Å². The molecule has 2 rings (SSSR count). The summed E-state index contributed by atoms with van der Waals surface area (Å²) >= 11 is 0. The lowest BCUT2D eigenvalue weighted by atomic mass is 10.1. The third kappa shape index (κ3) is 2.42. The summed E-state index contributed by atoms with van der Waals surface area (Å²) in [5.74, 6) is -0.872. The van der Waals surface area contributed by atoms with Gasteiger partial charge >= 0.3 is 0 Å². The van der Waals surface area contributed by atoms with Gasteiger partial charge in [-0.25, -0.2) is 14.4 Å². The molecule has 1 aromatic carbocycles. The van der Waals surface area contributed by atoms with Crippen molar-refractivity contribution in [2.75, 3.05) is 11.1 Å². The number of hydrogen-bond acceptors (Lipinski definition) is 4. The molecule has 2 aromatic rings. The minimum Gasteiger partial charge on any atom is -0.398 e. The molecule has 0 saturated carbocycles. The number of aromatic nitrogens is 2. The van der Waals surface area contributed by atoms with Gasteiger partial charge in [0.15, 0.2) is 0 Å². The third-order valence-electron chi connectivity index (χ3n) is 2.44. The summed E-state index contributed by atoms with van der Waals surface area (Å²) in [6.07, 6.45) is 2.99. The molecule has 1 amide bonds. The SMILES string of the molecule is Cc1c(N)cc(C(=O)Nc2ncccn2)cc1F. The Morgan fingerprint density at radius 1 is 1.33 bits per heavy atom. The van der Waals surface area contributed by atoms with Crippen LogP contribution < -0.4 is 11.1 Å². The first-order valence-electron chi connectivity index (χ1n) is 5.22. The highest BCUT2D eigenvalue weighted by Crippen LogP contribution is 2.18. The molecule has 0 atom stereocenters. The lowest BCUT2D eigenvalue weighted by Crippen LogP contribution is -2.15. The summed E-state index contributed by atoms with van der Waals surface area (Å²) in [7, 11) is 0. The van der Waals surface area contributed by atoms with Crippen molar-refractivity contribution in [1.29, 1.82) is 0 Å². The lowest BCUT2D eigenvalue weighted by Gasteiger charge is -2.06. The van der Waals surface area contributed by atoms with Crippen LogP contribution >= 0.6 is 0 Å². The molecule has 6 heteroatoms. The Kier molecular flexibility index (Phi) is 3.18. The minimum atomic E-state index is -0.519. The van der Waals surface area contributed by atoms with E-state index in [4.69, 9.17) is 5.73 Å². The second-order valence-corrected chi connectivity index (χ2v) is 3.70. The highest BCUT2D eigenvalue weighted by Gasteiger charge is 2.12. The molecule has 1 heterocycles. The quantitative estimate of drug-likeness (QED) is 0.791. The van der Waals surface area contributed by atoms with Crippen LogP contribution in [0.25, 0.3) is 0 Å². The van der Waals surface area contributed by atoms with Gasteiger partial charge in [0, 0.05) is 29.2 Å². The van der Waals surface area contributed by atoms with Gasteiger partial charge in [-0.1, -0.05) is 0 Å². The number of nitrogens with two attached hydrogens (primary N) is 1. The fourth-order valence-electron chi connectivity index (χ4n) is 1.37. The summed E-state index contributed by atoms with van der Waals surface area (Å²) in [4.78, 5) is 19.5. The van der Waals surface area contributed by atoms with Crippen molar-refractivity contribution in [3.63, 3.8) is 0 Å². The van der Waals surface area contributed by atoms with E-state index < -0.39 is 11.7 Å². The maximum absolute atomic E-state index is 13.4. The van der Waals surface area contributed by atoms with Crippen LogP contribution in [0.15, 0.2) is 30.6 Å². The molecular formula is C12H11FN4O. The molecule has 0 unspecified atom stereocenters. The maximum Gasteiger partial charge on any atom is 0.258 e. The normalized spacial score (nSPS) is 10.1. The first-order chi connectivity index (χ1) is 8.58. The summed E-state index contributed by atoms with van der Waals surface area (Å²) in [5.41, 5.74) is 6.28. The number of nitrogen functional groups attached to an aromatic ring is 1. The molecular weight excluding hydrogens is 235 g/mol. The molecule has 3 N–H and O–H groups in total. The number of amides is 1. The molecule has 0 aliphatic rings. The average Bonchev–Trinajstić information content (AvgIpc) is 2.36. The maximum atomic E-state index is 13.4. The zero-order chi connectivity index (χ0) is 13.1. The Labute approximate surface area is 103 Å². The van der Waals surface area contributed by atoms with Gasteiger partial charge in [0.25, 0.3) is 5.91 Å². The summed E-state index contributed by atoms with van der Waals surface area (Å²) in [6, 6.07) is 4.17. The molecule has 0 aliphatic heterocycles. The highest BCUT2D eigenvalue weighted by atomic mass is 19.1. The van der Waals surface area contributed by atoms with Crippen molar-refractivity contribution in [3.8, 4) is 0 Å². The Bertz CT molecular complexity index is 563. The topological polar surface area (TPSA) is 80.9 Å². The number of carbonyl (C=O) groups is 1. The molecule has 0 spiro atoms. The van der Waals surface area contributed by atoms with E-state index in [0.717, 1.165) is 6.07 Å². The van der Waals surface area contributed by atoms with Crippen molar-refractivity contribution < 1.29 is 9.18 Å². The van der Waals surface area contributed by atoms with Crippen LogP contribution in [-0.2, 0) is 0 Å². The molecule has 5 nitrogen and oxygen atoms in total. The Morgan fingerprint density at radius 3 is 2.61 bits per heavy atom. The Hall–Kier alpha value is -2.50. The van der Waals surface area contributed by atoms with Gasteiger partial charge in [-0.15, -0.1) is 0 Å². The molecule has 0 fully saturated rings. The Morgan fingerprint density at radius 2 is 2.00 bits per heavy atom. The number of carbonyl (C=O) groups excluding carboxylic acids is 1. The number of rotatable bonds is 2. The first-order valence-corrected chi connectivity index (χ1v) is 5.22. The number of halogens is 1. The summed E-state index contributed by atoms with van der Waals surface area (Å²) in [6.45, 7) is 1.55. The van der Waals surface area contributed by atoms with Crippen molar-refractivity contribution in [1.82, 2.24) is 9.97 Å². The third-order valence-corrected chi connectivity index (χ3v) is 2.44. The van der Waals surface area contributed by atoms with Gasteiger partial charge in [0.1, 0.15) is 5.82 Å². The number of hydrogen-bond donors (Lipinski definition) is 2. The van der Waals surface area contributed by atoms with Crippen molar-refractivity contribution in [3.05, 3.63) is 47.5 Å². The molecule has 0 radical (unpaired) electrons. The van der Waals surface area contributed by atoms with E-state index in [1.807, 2.05) is 0 Å². The fourth-order valence-corrected chi connectivity index (χ4v) is 1.37. The lowest BCUT2D eigenvalue weighted by molar-refractivity contribution is 0.102. The van der Waals surface area contributed by atoms with E-state index in [9.17, 15) is 9.18 Å². The van der Waals surface area contributed by atoms with Gasteiger partial charge in [-0.2, -0.15) is 0 Å². The zero-order valence-electron chi connectivity index (χ0n) is 9.64. The van der Waals surface area contributed by atoms with E-state index in [0.29, 0.717) is 5.56 Å². The van der Waals surface area contributed by atoms with E-state index in [-0.39, 0.29) is 17.2 Å². The smallest absolute Gasteiger partial charge is 0.258 e. The monoisotopic (exact) mass is 246 g/mol. The summed E-state index contributed by atoms with van der Waals surface area (Å²) < 4.78 is 13.4. The average molecular weight is 246 g/mol. The molecule has 18 heavy (non-hydrogen) atoms. The number of nitrogens with one attached hydrogen (secondary N) is 1. The zero-order valence-corrected chi connectivity index (χ0v) is 9.64. The van der Waals surface area contributed by atoms with Gasteiger partial charge in [-0.3, -0.25) is 10.1 Å². The van der Waals surface area contributed by atoms with Gasteiger partial charge in [0.05, 0.1) is 0 Å². The molecule has 92 valence electrons. The summed E-state index contributed by atoms with van der Waals surface area (Å²) in [5, 5.41) is 2.45. The molecule has 1 aromatic heterocycles. The van der Waals surface area contributed by atoms with Crippen LogP contribution in [0.3, 0.4) is 0 Å². The number of nitrogens with zero attached hydrogens (tertiary/aromatic N) is 2. The van der Waals surface area contributed by atoms with E-state index in [1.54, 1.807) is 13.0 Å². The molecule has 0 aliphatic carbocycles. The molecule has 0 bridgehead atoms. The first kappa shape index (κ1) is 12.0. The van der Waals surface area contributed by atoms with E-state index in [1.165, 1.54) is 18.5 Å². The van der Waals surface area contributed by atoms with E-state index in [2.05, 4.69) is 15.3 Å². The molecule has 0 saturated heterocycles. The van der Waals surface area contributed by atoms with Crippen LogP contribution in [0.5, 0.6) is 0 Å². The Balaban J connectivity index is 2.25. The van der Waals surface area contributed by atoms with Crippen molar-refractivity contribution in [2.45, 2.75) is 6.92 Å². The number of anilines is 2. The fraction of sp³-hybridized carbons (Fsp3) is 0.0833. The van der Waals surface area contributed by atoms with Crippen LogP contribution in [0.1, 0.15) is 15.9 Å². The van der Waals surface area contributed by atoms with Crippen LogP contribution in [-0.4, -0.2) is 15.9 Å². The van der Waals surface area contributed by atoms with Crippen molar-refractivity contribution in [2.24, 2.45) is 0 Å². The predicted octanol–water partition coefficient (Wildman–Crippen LogP) is 1.76. The van der Waals surface area contributed by atoms with Gasteiger partial charge < -0.3 is 5.73 Å². The van der Waals surface area contributed by atoms with Crippen LogP contribution in [0.4, 0.5) is 16.0 Å². The van der Waals surface area contributed by atoms with Gasteiger partial charge in [-0.05, 0) is 25.1 Å². The largest absolute Gasteiger partial charge is 0.398 e. The van der Waals surface area contributed by atoms with Crippen LogP contribution in [0, 0.1) is 12.7 Å². The number of benzene rings is 1. The predicted molar refractivity (Wildman–Crippen MR) is 65.5 cm³/mol. The van der Waals surface area contributed by atoms with Gasteiger partial charge in [0.2, 0.25) is 5.95 Å². The minimum absolute atomic E-state index is 0.128. The van der Waals surface area contributed by atoms with Crippen LogP contribution in [0.2, 0.25) is 0 Å². The highest BCUT2D eigenvalue weighted by molar-refractivity contribution is 6.03. The second-order valence-electron chi connectivity index (χ2n) is 3.70. The second kappa shape index (κ2) is 4.79. The van der Waals surface area contributed by atoms with Crippen molar-refractivity contribution >= 4 is 17.5 Å². The standard InChI is InChI=1S/C12H11FN4O/c1-7-9(13)5-8(6-10(7)14)11(18)17-12-15-3-2-4-16-12/h2-6H,14H2,1H3,(H,15,16,17,18).